The maximum absolute atomic E-state index is 10.2. The second kappa shape index (κ2) is 10.2. The fraction of sp³-hybridized carbons (Fsp3) is 0.419. The largest absolute Gasteiger partial charge is 0.508 e. The number of benzene rings is 3. The minimum atomic E-state index is 0.481. The number of fused-ring (bicyclic) bond motifs is 4. The molecule has 0 saturated carbocycles. The lowest BCUT2D eigenvalue weighted by atomic mass is 9.87. The topological polar surface area (TPSA) is 45.7 Å². The summed E-state index contributed by atoms with van der Waals surface area (Å²) in [5, 5.41) is 12.9. The first-order chi connectivity index (χ1) is 17.7. The fourth-order valence-corrected chi connectivity index (χ4v) is 6.47. The van der Waals surface area contributed by atoms with E-state index in [2.05, 4.69) is 75.1 Å². The molecule has 4 aromatic rings. The molecule has 0 radical (unpaired) electrons. The van der Waals surface area contributed by atoms with Crippen LogP contribution in [0.3, 0.4) is 0 Å². The number of phenolic OH excluding ortho intramolecular Hbond substituents is 1. The fourth-order valence-electron chi connectivity index (χ4n) is 6.47. The Balaban J connectivity index is 1.09. The Morgan fingerprint density at radius 3 is 2.58 bits per heavy atom. The van der Waals surface area contributed by atoms with Gasteiger partial charge in [0.25, 0.3) is 0 Å². The first-order valence-electron chi connectivity index (χ1n) is 13.7. The molecule has 0 bridgehead atoms. The number of rotatable bonds is 7. The highest BCUT2D eigenvalue weighted by Gasteiger charge is 2.26. The zero-order valence-corrected chi connectivity index (χ0v) is 21.4. The lowest BCUT2D eigenvalue weighted by molar-refractivity contribution is 0.145. The zero-order chi connectivity index (χ0) is 24.5. The summed E-state index contributed by atoms with van der Waals surface area (Å²) >= 11 is 0. The van der Waals surface area contributed by atoms with Gasteiger partial charge in [0.05, 0.1) is 0 Å². The summed E-state index contributed by atoms with van der Waals surface area (Å²) in [4.78, 5) is 11.5. The summed E-state index contributed by atoms with van der Waals surface area (Å²) in [7, 11) is 0. The van der Waals surface area contributed by atoms with Gasteiger partial charge in [0.2, 0.25) is 0 Å². The van der Waals surface area contributed by atoms with E-state index in [1.807, 2.05) is 12.1 Å². The average Bonchev–Trinajstić information content (AvgIpc) is 3.30. The van der Waals surface area contributed by atoms with Gasteiger partial charge >= 0.3 is 0 Å². The third-order valence-corrected chi connectivity index (χ3v) is 8.38. The predicted octanol–water partition coefficient (Wildman–Crippen LogP) is 5.42. The maximum atomic E-state index is 10.2. The Labute approximate surface area is 214 Å². The quantitative estimate of drug-likeness (QED) is 0.369. The van der Waals surface area contributed by atoms with Crippen LogP contribution in [0.2, 0.25) is 0 Å². The number of anilines is 1. The smallest absolute Gasteiger partial charge is 0.119 e. The van der Waals surface area contributed by atoms with Crippen LogP contribution >= 0.6 is 0 Å². The van der Waals surface area contributed by atoms with E-state index in [9.17, 15) is 5.11 Å². The number of aromatic hydroxyl groups is 1. The van der Waals surface area contributed by atoms with Crippen molar-refractivity contribution in [1.82, 2.24) is 14.8 Å². The van der Waals surface area contributed by atoms with Crippen LogP contribution in [0.1, 0.15) is 30.9 Å². The van der Waals surface area contributed by atoms with E-state index in [-0.39, 0.29) is 0 Å². The molecule has 1 unspecified atom stereocenters. The van der Waals surface area contributed by atoms with Crippen LogP contribution in [0, 0.1) is 0 Å². The molecule has 1 fully saturated rings. The van der Waals surface area contributed by atoms with Gasteiger partial charge in [-0.25, -0.2) is 0 Å². The molecule has 6 rings (SSSR count). The van der Waals surface area contributed by atoms with Crippen molar-refractivity contribution in [2.45, 2.75) is 38.6 Å². The van der Waals surface area contributed by atoms with Gasteiger partial charge < -0.3 is 15.0 Å². The lowest BCUT2D eigenvalue weighted by Crippen LogP contribution is -2.50. The normalized spacial score (nSPS) is 18.8. The van der Waals surface area contributed by atoms with E-state index in [1.165, 1.54) is 45.0 Å². The van der Waals surface area contributed by atoms with Crippen LogP contribution in [-0.4, -0.2) is 71.7 Å². The van der Waals surface area contributed by atoms with E-state index in [1.54, 1.807) is 0 Å². The number of phenols is 1. The second-order valence-corrected chi connectivity index (χ2v) is 10.5. The van der Waals surface area contributed by atoms with Crippen molar-refractivity contribution in [3.63, 3.8) is 0 Å². The maximum Gasteiger partial charge on any atom is 0.119 e. The summed E-state index contributed by atoms with van der Waals surface area (Å²) in [6.07, 6.45) is 4.38. The van der Waals surface area contributed by atoms with Crippen LogP contribution in [-0.2, 0) is 12.8 Å². The molecular weight excluding hydrogens is 444 g/mol. The summed E-state index contributed by atoms with van der Waals surface area (Å²) < 4.78 is 0. The number of nitrogens with zero attached hydrogens (tertiary/aromatic N) is 3. The van der Waals surface area contributed by atoms with Gasteiger partial charge in [0.15, 0.2) is 0 Å². The van der Waals surface area contributed by atoms with Crippen LogP contribution in [0.15, 0.2) is 60.7 Å². The van der Waals surface area contributed by atoms with Gasteiger partial charge in [-0.1, -0.05) is 43.3 Å². The van der Waals surface area contributed by atoms with Gasteiger partial charge in [-0.2, -0.15) is 0 Å². The minimum absolute atomic E-state index is 0.481. The second-order valence-electron chi connectivity index (χ2n) is 10.5. The molecule has 2 N–H and O–H groups in total. The molecule has 0 amide bonds. The van der Waals surface area contributed by atoms with Gasteiger partial charge in [-0.3, -0.25) is 9.80 Å². The Morgan fingerprint density at radius 2 is 1.72 bits per heavy atom. The van der Waals surface area contributed by atoms with E-state index in [0.29, 0.717) is 11.8 Å². The van der Waals surface area contributed by atoms with Crippen molar-refractivity contribution in [1.29, 1.82) is 0 Å². The summed E-state index contributed by atoms with van der Waals surface area (Å²) in [5.41, 5.74) is 6.32. The third-order valence-electron chi connectivity index (χ3n) is 8.38. The molecule has 0 spiro atoms. The Kier molecular flexibility index (Phi) is 6.60. The molecule has 5 heteroatoms. The zero-order valence-electron chi connectivity index (χ0n) is 21.4. The Bertz CT molecular complexity index is 1340. The molecule has 36 heavy (non-hydrogen) atoms. The highest BCUT2D eigenvalue weighted by Crippen LogP contribution is 2.34. The van der Waals surface area contributed by atoms with Crippen LogP contribution in [0.5, 0.6) is 5.75 Å². The summed E-state index contributed by atoms with van der Waals surface area (Å²) in [6, 6.07) is 22.0. The summed E-state index contributed by atoms with van der Waals surface area (Å²) in [6.45, 7) is 10.1. The SMILES string of the molecule is CCCN(CCN1CCN(c2cccc3[nH]c4ccccc4c23)CC1)C1CCc2c(O)cccc2C1. The molecule has 2 aliphatic rings. The first-order valence-corrected chi connectivity index (χ1v) is 13.7. The number of nitrogens with one attached hydrogen (secondary N) is 1. The van der Waals surface area contributed by atoms with Crippen LogP contribution in [0.4, 0.5) is 5.69 Å². The Hall–Kier alpha value is -3.02. The molecule has 2 heterocycles. The standard InChI is InChI=1S/C31H38N4O/c1-2-15-34(24-13-14-25-23(22-24)7-5-12-30(25)36)19-16-33-17-20-35(21-18-33)29-11-6-10-28-31(29)26-8-3-4-9-27(26)32-28/h3-12,24,32,36H,2,13-22H2,1H3. The van der Waals surface area contributed by atoms with E-state index in [0.717, 1.165) is 65.1 Å². The van der Waals surface area contributed by atoms with Crippen LogP contribution in [0.25, 0.3) is 21.8 Å². The number of H-pyrrole nitrogens is 1. The number of hydrogen-bond acceptors (Lipinski definition) is 4. The summed E-state index contributed by atoms with van der Waals surface area (Å²) in [5.74, 6) is 0.481. The number of piperazine rings is 1. The molecule has 1 saturated heterocycles. The highest BCUT2D eigenvalue weighted by molar-refractivity contribution is 6.13. The average molecular weight is 483 g/mol. The van der Waals surface area contributed by atoms with Gasteiger partial charge in [0, 0.05) is 72.8 Å². The van der Waals surface area contributed by atoms with Crippen LogP contribution < -0.4 is 4.90 Å². The molecule has 3 aromatic carbocycles. The van der Waals surface area contributed by atoms with Gasteiger partial charge in [-0.05, 0) is 67.6 Å². The first kappa shape index (κ1) is 23.4. The number of aromatic nitrogens is 1. The molecular formula is C31H38N4O. The number of para-hydroxylation sites is 1. The number of hydrogen-bond donors (Lipinski definition) is 2. The Morgan fingerprint density at radius 1 is 0.917 bits per heavy atom. The van der Waals surface area contributed by atoms with Crippen molar-refractivity contribution >= 4 is 27.5 Å². The van der Waals surface area contributed by atoms with Gasteiger partial charge in [0.1, 0.15) is 5.75 Å². The predicted molar refractivity (Wildman–Crippen MR) is 150 cm³/mol. The molecule has 1 aliphatic carbocycles. The van der Waals surface area contributed by atoms with E-state index in [4.69, 9.17) is 0 Å². The third kappa shape index (κ3) is 4.46. The van der Waals surface area contributed by atoms with Crippen molar-refractivity contribution in [3.05, 3.63) is 71.8 Å². The lowest BCUT2D eigenvalue weighted by Gasteiger charge is -2.39. The van der Waals surface area contributed by atoms with Crippen molar-refractivity contribution in [2.75, 3.05) is 50.7 Å². The molecule has 188 valence electrons. The van der Waals surface area contributed by atoms with Crippen molar-refractivity contribution in [3.8, 4) is 5.75 Å². The molecule has 5 nitrogen and oxygen atoms in total. The van der Waals surface area contributed by atoms with E-state index >= 15 is 0 Å². The highest BCUT2D eigenvalue weighted by atomic mass is 16.3. The number of aromatic amines is 1. The van der Waals surface area contributed by atoms with Gasteiger partial charge in [-0.15, -0.1) is 0 Å². The monoisotopic (exact) mass is 482 g/mol. The molecule has 1 aliphatic heterocycles. The minimum Gasteiger partial charge on any atom is -0.508 e. The molecule has 1 aromatic heterocycles. The van der Waals surface area contributed by atoms with Crippen molar-refractivity contribution in [2.24, 2.45) is 0 Å². The van der Waals surface area contributed by atoms with E-state index < -0.39 is 0 Å². The molecule has 1 atom stereocenters. The van der Waals surface area contributed by atoms with Crippen molar-refractivity contribution < 1.29 is 5.11 Å².